The first-order chi connectivity index (χ1) is 19.9. The van der Waals surface area contributed by atoms with Gasteiger partial charge in [0.15, 0.2) is 0 Å². The Balaban J connectivity index is 2.04. The van der Waals surface area contributed by atoms with Crippen LogP contribution in [0.5, 0.6) is 0 Å². The van der Waals surface area contributed by atoms with Crippen molar-refractivity contribution >= 4 is 49.0 Å². The summed E-state index contributed by atoms with van der Waals surface area (Å²) in [6.45, 7) is 5.57. The minimum absolute atomic E-state index is 0.293. The largest absolute Gasteiger partial charge is 0.466 e. The molecule has 0 unspecified atom stereocenters. The summed E-state index contributed by atoms with van der Waals surface area (Å²) in [6.07, 6.45) is 5.17. The fourth-order valence-electron chi connectivity index (χ4n) is 4.50. The van der Waals surface area contributed by atoms with Crippen LogP contribution in [0.3, 0.4) is 0 Å². The molecular weight excluding hydrogens is 693 g/mol. The first-order valence-electron chi connectivity index (χ1n) is 14.0. The van der Waals surface area contributed by atoms with Crippen LogP contribution in [-0.2, 0) is 28.7 Å². The van der Waals surface area contributed by atoms with E-state index < -0.39 is 37.1 Å². The van der Waals surface area contributed by atoms with E-state index in [1.807, 2.05) is 32.9 Å². The van der Waals surface area contributed by atoms with Gasteiger partial charge in [-0.15, -0.1) is 0 Å². The molecule has 3 aromatic carbocycles. The molecule has 0 aromatic heterocycles. The van der Waals surface area contributed by atoms with Crippen LogP contribution >= 0.6 is 32.9 Å². The molecule has 0 aliphatic rings. The summed E-state index contributed by atoms with van der Waals surface area (Å²) in [5.41, 5.74) is 0.232. The Bertz CT molecular complexity index is 1360. The van der Waals surface area contributed by atoms with E-state index in [9.17, 15) is 13.2 Å². The van der Waals surface area contributed by atoms with Crippen LogP contribution in [-0.4, -0.2) is 30.7 Å². The summed E-state index contributed by atoms with van der Waals surface area (Å²) < 4.78 is 69.9. The maximum Gasteiger partial charge on any atom is 0.466 e. The number of hydrogen-bond donors (Lipinski definition) is 0. The highest BCUT2D eigenvalue weighted by Crippen LogP contribution is 2.72. The summed E-state index contributed by atoms with van der Waals surface area (Å²) in [4.78, 5) is 13.8. The second kappa shape index (κ2) is 15.1. The second-order valence-corrected chi connectivity index (χ2v) is 16.5. The van der Waals surface area contributed by atoms with Gasteiger partial charge in [-0.25, -0.2) is 8.42 Å². The molecule has 3 aromatic rings. The highest BCUT2D eigenvalue weighted by molar-refractivity contribution is 14.1. The Labute approximate surface area is 264 Å². The third-order valence-corrected chi connectivity index (χ3v) is 12.6. The van der Waals surface area contributed by atoms with Gasteiger partial charge in [0.25, 0.3) is 0 Å². The van der Waals surface area contributed by atoms with Gasteiger partial charge in [0.1, 0.15) is 0 Å². The number of carbonyl (C=O) groups is 1. The number of alkyl halides is 3. The van der Waals surface area contributed by atoms with Crippen molar-refractivity contribution in [3.05, 3.63) is 90.5 Å². The summed E-state index contributed by atoms with van der Waals surface area (Å²) in [5.74, 6) is -2.13. The van der Waals surface area contributed by atoms with Crippen LogP contribution in [0.4, 0.5) is 8.78 Å². The zero-order valence-electron chi connectivity index (χ0n) is 24.2. The van der Waals surface area contributed by atoms with Gasteiger partial charge in [0, 0.05) is 14.7 Å². The van der Waals surface area contributed by atoms with Crippen LogP contribution in [0, 0.1) is 0 Å². The Morgan fingerprint density at radius 1 is 0.738 bits per heavy atom. The second-order valence-electron chi connectivity index (χ2n) is 10.9. The van der Waals surface area contributed by atoms with Crippen LogP contribution in [0.2, 0.25) is 0 Å². The SMILES string of the molecule is CC(C)(C)c1ccccc1S(OS(=O)(=O)C(F)(F)C(=O)OCCCCCCCCI)(c1ccccc1)c1ccccc1. The molecule has 0 radical (unpaired) electrons. The summed E-state index contributed by atoms with van der Waals surface area (Å²) in [6, 6.07) is 24.0. The minimum Gasteiger partial charge on any atom is -0.460 e. The Morgan fingerprint density at radius 2 is 1.21 bits per heavy atom. The predicted molar refractivity (Wildman–Crippen MR) is 173 cm³/mol. The molecule has 10 heteroatoms. The molecule has 0 aliphatic carbocycles. The first kappa shape index (κ1) is 34.5. The lowest BCUT2D eigenvalue weighted by molar-refractivity contribution is -0.161. The van der Waals surface area contributed by atoms with E-state index in [4.69, 9.17) is 8.37 Å². The molecule has 0 saturated carbocycles. The van der Waals surface area contributed by atoms with E-state index in [1.54, 1.807) is 72.8 Å². The number of esters is 1. The maximum atomic E-state index is 15.5. The van der Waals surface area contributed by atoms with Gasteiger partial charge in [-0.1, -0.05) is 124 Å². The number of rotatable bonds is 15. The van der Waals surface area contributed by atoms with E-state index in [2.05, 4.69) is 22.6 Å². The average molecular weight is 733 g/mol. The zero-order chi connectivity index (χ0) is 30.9. The Morgan fingerprint density at radius 3 is 1.74 bits per heavy atom. The number of ether oxygens (including phenoxy) is 1. The fourth-order valence-corrected chi connectivity index (χ4v) is 10.5. The van der Waals surface area contributed by atoms with Crippen molar-refractivity contribution in [2.24, 2.45) is 0 Å². The molecule has 0 N–H and O–H groups in total. The van der Waals surface area contributed by atoms with Crippen molar-refractivity contribution in [1.82, 2.24) is 0 Å². The summed E-state index contributed by atoms with van der Waals surface area (Å²) in [5, 5.41) is -4.92. The van der Waals surface area contributed by atoms with Crippen LogP contribution in [0.15, 0.2) is 99.6 Å². The summed E-state index contributed by atoms with van der Waals surface area (Å²) in [7, 11) is -9.19. The monoisotopic (exact) mass is 732 g/mol. The first-order valence-corrected chi connectivity index (χ1v) is 18.5. The number of halogens is 3. The topological polar surface area (TPSA) is 69.7 Å². The molecule has 0 amide bonds. The van der Waals surface area contributed by atoms with Gasteiger partial charge in [-0.2, -0.15) is 17.2 Å². The highest BCUT2D eigenvalue weighted by atomic mass is 127. The quantitative estimate of drug-likeness (QED) is 0.0674. The molecule has 0 fully saturated rings. The van der Waals surface area contributed by atoms with E-state index >= 15 is 8.78 Å². The molecule has 0 bridgehead atoms. The smallest absolute Gasteiger partial charge is 0.460 e. The molecule has 0 saturated heterocycles. The molecule has 230 valence electrons. The van der Waals surface area contributed by atoms with Crippen LogP contribution in [0.25, 0.3) is 0 Å². The van der Waals surface area contributed by atoms with Crippen molar-refractivity contribution < 1.29 is 30.4 Å². The van der Waals surface area contributed by atoms with Gasteiger partial charge >= 0.3 is 21.3 Å². The molecule has 0 atom stereocenters. The zero-order valence-corrected chi connectivity index (χ0v) is 28.0. The molecule has 42 heavy (non-hydrogen) atoms. The highest BCUT2D eigenvalue weighted by Gasteiger charge is 2.59. The number of benzene rings is 3. The fraction of sp³-hybridized carbons (Fsp3) is 0.406. The molecular formula is C32H39F2IO5S2. The van der Waals surface area contributed by atoms with Crippen molar-refractivity contribution in [2.45, 2.75) is 84.7 Å². The molecule has 0 heterocycles. The van der Waals surface area contributed by atoms with E-state index in [0.29, 0.717) is 27.5 Å². The standard InChI is InChI=1S/C32H39F2IO5S2/c1-31(2,3)28-22-14-15-23-29(28)41(26-18-10-8-11-19-26,27-20-12-9-13-21-27)40-42(37,38)32(33,34)30(36)39-25-17-7-5-4-6-16-24-35/h8-15,18-23H,4-7,16-17,24-25H2,1-3H3. The van der Waals surface area contributed by atoms with Crippen molar-refractivity contribution in [1.29, 1.82) is 0 Å². The van der Waals surface area contributed by atoms with Crippen molar-refractivity contribution in [2.75, 3.05) is 11.0 Å². The normalized spacial score (nSPS) is 13.1. The summed E-state index contributed by atoms with van der Waals surface area (Å²) >= 11 is 2.32. The maximum absolute atomic E-state index is 15.5. The van der Waals surface area contributed by atoms with Gasteiger partial charge < -0.3 is 4.74 Å². The number of carbonyl (C=O) groups excluding carboxylic acids is 1. The Hall–Kier alpha value is -2.02. The lowest BCUT2D eigenvalue weighted by atomic mass is 9.87. The predicted octanol–water partition coefficient (Wildman–Crippen LogP) is 9.44. The van der Waals surface area contributed by atoms with Crippen LogP contribution in [0.1, 0.15) is 64.9 Å². The van der Waals surface area contributed by atoms with Crippen LogP contribution < -0.4 is 0 Å². The van der Waals surface area contributed by atoms with Gasteiger partial charge in [-0.05, 0) is 68.9 Å². The van der Waals surface area contributed by atoms with E-state index in [0.717, 1.165) is 35.7 Å². The van der Waals surface area contributed by atoms with E-state index in [1.165, 1.54) is 0 Å². The molecule has 0 aliphatic heterocycles. The van der Waals surface area contributed by atoms with E-state index in [-0.39, 0.29) is 6.61 Å². The lowest BCUT2D eigenvalue weighted by Gasteiger charge is -2.42. The molecule has 0 spiro atoms. The lowest BCUT2D eigenvalue weighted by Crippen LogP contribution is -2.41. The third-order valence-electron chi connectivity index (χ3n) is 6.66. The van der Waals surface area contributed by atoms with Gasteiger partial charge in [0.05, 0.1) is 6.61 Å². The number of unbranched alkanes of at least 4 members (excludes halogenated alkanes) is 5. The van der Waals surface area contributed by atoms with Crippen molar-refractivity contribution in [3.8, 4) is 0 Å². The third kappa shape index (κ3) is 8.12. The number of hydrogen-bond acceptors (Lipinski definition) is 5. The Kier molecular flexibility index (Phi) is 12.4. The minimum atomic E-state index is -5.85. The average Bonchev–Trinajstić information content (AvgIpc) is 2.97. The molecule has 5 nitrogen and oxygen atoms in total. The van der Waals surface area contributed by atoms with Gasteiger partial charge in [0.2, 0.25) is 0 Å². The molecule has 3 rings (SSSR count). The van der Waals surface area contributed by atoms with Crippen molar-refractivity contribution in [3.63, 3.8) is 0 Å². The van der Waals surface area contributed by atoms with Gasteiger partial charge in [-0.3, -0.25) is 0 Å².